The number of cyclic esters (lactones) is 1. The van der Waals surface area contributed by atoms with Gasteiger partial charge >= 0.3 is 6.09 Å². The minimum Gasteiger partial charge on any atom is -0.444 e. The molecule has 1 aromatic rings. The topological polar surface area (TPSA) is 54.1 Å². The molecular formula is C9H12N2O2S. The first-order chi connectivity index (χ1) is 6.75. The van der Waals surface area contributed by atoms with Gasteiger partial charge in [0.25, 0.3) is 0 Å². The predicted octanol–water partition coefficient (Wildman–Crippen LogP) is 2.83. The molecule has 1 aromatic heterocycles. The summed E-state index contributed by atoms with van der Waals surface area (Å²) in [6.45, 7) is 4.30. The van der Waals surface area contributed by atoms with E-state index in [0.717, 1.165) is 5.56 Å². The van der Waals surface area contributed by atoms with Crippen LogP contribution in [0.2, 0.25) is 0 Å². The SMILES string of the molecule is CC.O=C1Nc2[nH]c(=S)ccc2CO1. The van der Waals surface area contributed by atoms with E-state index in [0.29, 0.717) is 17.1 Å². The van der Waals surface area contributed by atoms with Crippen LogP contribution in [0.4, 0.5) is 10.6 Å². The van der Waals surface area contributed by atoms with Gasteiger partial charge in [0.2, 0.25) is 0 Å². The van der Waals surface area contributed by atoms with E-state index in [-0.39, 0.29) is 0 Å². The summed E-state index contributed by atoms with van der Waals surface area (Å²) in [6.07, 6.45) is -0.445. The third-order valence-electron chi connectivity index (χ3n) is 1.59. The Labute approximate surface area is 87.3 Å². The molecule has 1 aliphatic rings. The molecule has 0 aliphatic carbocycles. The lowest BCUT2D eigenvalue weighted by molar-refractivity contribution is 0.151. The Hall–Kier alpha value is -1.36. The highest BCUT2D eigenvalue weighted by molar-refractivity contribution is 7.71. The Morgan fingerprint density at radius 2 is 2.14 bits per heavy atom. The van der Waals surface area contributed by atoms with Gasteiger partial charge in [0.1, 0.15) is 17.1 Å². The number of aromatic nitrogens is 1. The molecule has 4 nitrogen and oxygen atoms in total. The van der Waals surface area contributed by atoms with E-state index in [4.69, 9.17) is 17.0 Å². The first-order valence-electron chi connectivity index (χ1n) is 4.42. The predicted molar refractivity (Wildman–Crippen MR) is 56.8 cm³/mol. The second-order valence-corrected chi connectivity index (χ2v) is 2.86. The van der Waals surface area contributed by atoms with Crippen LogP contribution in [0.25, 0.3) is 0 Å². The third kappa shape index (κ3) is 2.32. The van der Waals surface area contributed by atoms with Crippen LogP contribution in [-0.2, 0) is 11.3 Å². The van der Waals surface area contributed by atoms with Crippen molar-refractivity contribution in [3.8, 4) is 0 Å². The largest absolute Gasteiger partial charge is 0.444 e. The van der Waals surface area contributed by atoms with Gasteiger partial charge in [-0.3, -0.25) is 5.32 Å². The molecular weight excluding hydrogens is 200 g/mol. The van der Waals surface area contributed by atoms with Gasteiger partial charge in [-0.05, 0) is 12.1 Å². The molecule has 0 spiro atoms. The minimum absolute atomic E-state index is 0.299. The molecule has 1 amide bonds. The fourth-order valence-electron chi connectivity index (χ4n) is 1.02. The van der Waals surface area contributed by atoms with Crippen molar-refractivity contribution < 1.29 is 9.53 Å². The van der Waals surface area contributed by atoms with Crippen LogP contribution < -0.4 is 5.32 Å². The van der Waals surface area contributed by atoms with E-state index in [9.17, 15) is 4.79 Å². The molecule has 0 radical (unpaired) electrons. The third-order valence-corrected chi connectivity index (χ3v) is 1.83. The highest BCUT2D eigenvalue weighted by Crippen LogP contribution is 2.17. The van der Waals surface area contributed by atoms with Gasteiger partial charge in [0.05, 0.1) is 0 Å². The van der Waals surface area contributed by atoms with Crippen LogP contribution >= 0.6 is 12.2 Å². The number of hydrogen-bond donors (Lipinski definition) is 2. The molecule has 0 fully saturated rings. The number of H-pyrrole nitrogens is 1. The second kappa shape index (κ2) is 4.76. The van der Waals surface area contributed by atoms with Gasteiger partial charge in [0, 0.05) is 5.56 Å². The van der Waals surface area contributed by atoms with Crippen molar-refractivity contribution in [3.63, 3.8) is 0 Å². The van der Waals surface area contributed by atoms with E-state index < -0.39 is 6.09 Å². The van der Waals surface area contributed by atoms with E-state index in [1.807, 2.05) is 19.9 Å². The highest BCUT2D eigenvalue weighted by atomic mass is 32.1. The zero-order valence-corrected chi connectivity index (χ0v) is 8.90. The number of carbonyl (C=O) groups excluding carboxylic acids is 1. The molecule has 0 aromatic carbocycles. The van der Waals surface area contributed by atoms with Crippen LogP contribution in [0, 0.1) is 4.64 Å². The number of pyridine rings is 1. The van der Waals surface area contributed by atoms with Crippen molar-refractivity contribution in [2.24, 2.45) is 0 Å². The zero-order valence-electron chi connectivity index (χ0n) is 8.09. The number of ether oxygens (including phenoxy) is 1. The van der Waals surface area contributed by atoms with Crippen molar-refractivity contribution in [2.45, 2.75) is 20.5 Å². The van der Waals surface area contributed by atoms with Gasteiger partial charge in [0.15, 0.2) is 0 Å². The van der Waals surface area contributed by atoms with Crippen molar-refractivity contribution in [2.75, 3.05) is 5.32 Å². The van der Waals surface area contributed by atoms with E-state index in [1.54, 1.807) is 6.07 Å². The van der Waals surface area contributed by atoms with Crippen LogP contribution in [0.1, 0.15) is 19.4 Å². The molecule has 0 unspecified atom stereocenters. The lowest BCUT2D eigenvalue weighted by Crippen LogP contribution is -2.21. The minimum atomic E-state index is -0.445. The summed E-state index contributed by atoms with van der Waals surface area (Å²) >= 11 is 4.89. The van der Waals surface area contributed by atoms with Crippen LogP contribution in [-0.4, -0.2) is 11.1 Å². The lowest BCUT2D eigenvalue weighted by atomic mass is 10.2. The number of fused-ring (bicyclic) bond motifs is 1. The van der Waals surface area contributed by atoms with Gasteiger partial charge < -0.3 is 9.72 Å². The average molecular weight is 212 g/mol. The van der Waals surface area contributed by atoms with E-state index in [2.05, 4.69) is 10.3 Å². The quantitative estimate of drug-likeness (QED) is 0.650. The number of nitrogens with one attached hydrogen (secondary N) is 2. The summed E-state index contributed by atoms with van der Waals surface area (Å²) in [5.41, 5.74) is 0.906. The van der Waals surface area contributed by atoms with Crippen molar-refractivity contribution >= 4 is 24.1 Å². The lowest BCUT2D eigenvalue weighted by Gasteiger charge is -2.16. The summed E-state index contributed by atoms with van der Waals surface area (Å²) in [5, 5.41) is 2.52. The molecule has 0 saturated carbocycles. The Balaban J connectivity index is 0.000000461. The Morgan fingerprint density at radius 3 is 2.86 bits per heavy atom. The van der Waals surface area contributed by atoms with Crippen molar-refractivity contribution in [1.82, 2.24) is 4.98 Å². The number of amides is 1. The van der Waals surface area contributed by atoms with Crippen LogP contribution in [0.5, 0.6) is 0 Å². The van der Waals surface area contributed by atoms with Crippen LogP contribution in [0.15, 0.2) is 12.1 Å². The molecule has 2 N–H and O–H groups in total. The number of aromatic amines is 1. The summed E-state index contributed by atoms with van der Waals surface area (Å²) in [4.78, 5) is 13.6. The van der Waals surface area contributed by atoms with Crippen molar-refractivity contribution in [1.29, 1.82) is 0 Å². The molecule has 2 rings (SSSR count). The monoisotopic (exact) mass is 212 g/mol. The van der Waals surface area contributed by atoms with Gasteiger partial charge in [-0.25, -0.2) is 4.79 Å². The van der Waals surface area contributed by atoms with E-state index >= 15 is 0 Å². The summed E-state index contributed by atoms with van der Waals surface area (Å²) in [5.74, 6) is 0.638. The molecule has 2 heterocycles. The average Bonchev–Trinajstić information content (AvgIpc) is 2.20. The molecule has 14 heavy (non-hydrogen) atoms. The first-order valence-corrected chi connectivity index (χ1v) is 4.82. The summed E-state index contributed by atoms with van der Waals surface area (Å²) < 4.78 is 5.33. The Bertz CT molecular complexity index is 387. The van der Waals surface area contributed by atoms with Gasteiger partial charge in [-0.2, -0.15) is 0 Å². The fourth-order valence-corrected chi connectivity index (χ4v) is 1.19. The standard InChI is InChI=1S/C7H6N2O2S.C2H6/c10-7-9-6-4(3-11-7)1-2-5(12)8-6;1-2/h1-2H,3H2,(H2,8,9,10,12);1-2H3. The van der Waals surface area contributed by atoms with Crippen LogP contribution in [0.3, 0.4) is 0 Å². The molecule has 0 atom stereocenters. The Morgan fingerprint density at radius 1 is 1.43 bits per heavy atom. The fraction of sp³-hybridized carbons (Fsp3) is 0.333. The molecule has 0 bridgehead atoms. The number of anilines is 1. The zero-order chi connectivity index (χ0) is 10.6. The van der Waals surface area contributed by atoms with Gasteiger partial charge in [-0.15, -0.1) is 0 Å². The molecule has 0 saturated heterocycles. The summed E-state index contributed by atoms with van der Waals surface area (Å²) in [7, 11) is 0. The second-order valence-electron chi connectivity index (χ2n) is 2.42. The normalized spacial score (nSPS) is 12.9. The maximum absolute atomic E-state index is 10.7. The van der Waals surface area contributed by atoms with Crippen molar-refractivity contribution in [3.05, 3.63) is 22.3 Å². The number of carbonyl (C=O) groups is 1. The molecule has 76 valence electrons. The number of rotatable bonds is 0. The molecule has 1 aliphatic heterocycles. The molecule has 5 heteroatoms. The first kappa shape index (κ1) is 10.7. The summed E-state index contributed by atoms with van der Waals surface area (Å²) in [6, 6.07) is 3.59. The van der Waals surface area contributed by atoms with Gasteiger partial charge in [-0.1, -0.05) is 26.1 Å². The van der Waals surface area contributed by atoms with E-state index in [1.165, 1.54) is 0 Å². The maximum atomic E-state index is 10.7. The Kier molecular flexibility index (Phi) is 3.64. The number of hydrogen-bond acceptors (Lipinski definition) is 3. The maximum Gasteiger partial charge on any atom is 0.413 e. The highest BCUT2D eigenvalue weighted by Gasteiger charge is 2.14. The smallest absolute Gasteiger partial charge is 0.413 e.